The fourth-order valence-electron chi connectivity index (χ4n) is 4.88. The molecule has 2 fully saturated rings. The van der Waals surface area contributed by atoms with E-state index in [4.69, 9.17) is 4.74 Å². The molecular formula is C21H30N2O2. The third-order valence-corrected chi connectivity index (χ3v) is 6.24. The van der Waals surface area contributed by atoms with Gasteiger partial charge >= 0.3 is 6.03 Å². The molecule has 1 atom stereocenters. The minimum absolute atomic E-state index is 0.136. The summed E-state index contributed by atoms with van der Waals surface area (Å²) >= 11 is 0. The molecule has 1 aromatic rings. The molecular weight excluding hydrogens is 312 g/mol. The number of rotatable bonds is 2. The minimum atomic E-state index is 0.136. The van der Waals surface area contributed by atoms with Crippen LogP contribution in [0.4, 0.5) is 4.79 Å². The van der Waals surface area contributed by atoms with Gasteiger partial charge in [-0.05, 0) is 49.1 Å². The standard InChI is InChI=1S/C21H30N2O2/c24-21(22-18-11-14-25-15-12-18)23-13-10-16-6-4-5-9-19(16)20(23)17-7-2-1-3-8-17/h4-6,9,17-18,20H,1-3,7-8,10-15H2,(H,22,24). The zero-order valence-corrected chi connectivity index (χ0v) is 15.1. The molecule has 0 bridgehead atoms. The molecule has 1 aromatic carbocycles. The Balaban J connectivity index is 1.55. The highest BCUT2D eigenvalue weighted by molar-refractivity contribution is 5.75. The molecule has 25 heavy (non-hydrogen) atoms. The quantitative estimate of drug-likeness (QED) is 0.881. The molecule has 1 aliphatic carbocycles. The number of hydrogen-bond donors (Lipinski definition) is 1. The first-order chi connectivity index (χ1) is 12.3. The molecule has 4 heteroatoms. The molecule has 1 saturated heterocycles. The molecule has 136 valence electrons. The number of nitrogens with zero attached hydrogens (tertiary/aromatic N) is 1. The van der Waals surface area contributed by atoms with Gasteiger partial charge in [0.2, 0.25) is 0 Å². The maximum Gasteiger partial charge on any atom is 0.318 e. The summed E-state index contributed by atoms with van der Waals surface area (Å²) in [6.45, 7) is 2.37. The molecule has 1 N–H and O–H groups in total. The van der Waals surface area contributed by atoms with E-state index in [1.807, 2.05) is 0 Å². The van der Waals surface area contributed by atoms with E-state index in [2.05, 4.69) is 34.5 Å². The lowest BCUT2D eigenvalue weighted by Gasteiger charge is -2.43. The first-order valence-corrected chi connectivity index (χ1v) is 10.1. The summed E-state index contributed by atoms with van der Waals surface area (Å²) in [7, 11) is 0. The first-order valence-electron chi connectivity index (χ1n) is 10.1. The van der Waals surface area contributed by atoms with Crippen molar-refractivity contribution >= 4 is 6.03 Å². The maximum atomic E-state index is 13.1. The second-order valence-electron chi connectivity index (χ2n) is 7.82. The fourth-order valence-corrected chi connectivity index (χ4v) is 4.88. The predicted octanol–water partition coefficient (Wildman–Crippen LogP) is 4.05. The number of ether oxygens (including phenoxy) is 1. The van der Waals surface area contributed by atoms with Crippen molar-refractivity contribution in [1.29, 1.82) is 0 Å². The largest absolute Gasteiger partial charge is 0.381 e. The van der Waals surface area contributed by atoms with Crippen molar-refractivity contribution in [3.63, 3.8) is 0 Å². The van der Waals surface area contributed by atoms with Crippen LogP contribution in [0.3, 0.4) is 0 Å². The zero-order valence-electron chi connectivity index (χ0n) is 15.1. The van der Waals surface area contributed by atoms with Crippen molar-refractivity contribution in [2.24, 2.45) is 5.92 Å². The van der Waals surface area contributed by atoms with Crippen molar-refractivity contribution in [2.45, 2.75) is 63.5 Å². The summed E-state index contributed by atoms with van der Waals surface area (Å²) in [4.78, 5) is 15.2. The SMILES string of the molecule is O=C(NC1CCOCC1)N1CCc2ccccc2C1C1CCCCC1. The smallest absolute Gasteiger partial charge is 0.318 e. The highest BCUT2D eigenvalue weighted by atomic mass is 16.5. The van der Waals surface area contributed by atoms with Gasteiger partial charge in [0.25, 0.3) is 0 Å². The molecule has 2 aliphatic heterocycles. The van der Waals surface area contributed by atoms with Gasteiger partial charge < -0.3 is 15.0 Å². The van der Waals surface area contributed by atoms with Crippen LogP contribution in [-0.4, -0.2) is 36.7 Å². The molecule has 2 heterocycles. The highest BCUT2D eigenvalue weighted by Gasteiger charge is 2.37. The van der Waals surface area contributed by atoms with E-state index in [1.165, 1.54) is 43.2 Å². The van der Waals surface area contributed by atoms with Gasteiger partial charge in [-0.3, -0.25) is 0 Å². The van der Waals surface area contributed by atoms with Gasteiger partial charge in [-0.25, -0.2) is 4.79 Å². The Hall–Kier alpha value is -1.55. The highest BCUT2D eigenvalue weighted by Crippen LogP contribution is 2.41. The molecule has 3 aliphatic rings. The first kappa shape index (κ1) is 16.9. The minimum Gasteiger partial charge on any atom is -0.381 e. The molecule has 0 radical (unpaired) electrons. The summed E-state index contributed by atoms with van der Waals surface area (Å²) in [5.41, 5.74) is 2.83. The third-order valence-electron chi connectivity index (χ3n) is 6.24. The predicted molar refractivity (Wildman–Crippen MR) is 98.5 cm³/mol. The number of nitrogens with one attached hydrogen (secondary N) is 1. The van der Waals surface area contributed by atoms with Gasteiger partial charge in [-0.15, -0.1) is 0 Å². The summed E-state index contributed by atoms with van der Waals surface area (Å²) in [5.74, 6) is 0.607. The van der Waals surface area contributed by atoms with Crippen LogP contribution in [0.15, 0.2) is 24.3 Å². The van der Waals surface area contributed by atoms with Crippen LogP contribution in [0.25, 0.3) is 0 Å². The van der Waals surface area contributed by atoms with Crippen LogP contribution < -0.4 is 5.32 Å². The Morgan fingerprint density at radius 2 is 1.80 bits per heavy atom. The van der Waals surface area contributed by atoms with Crippen LogP contribution in [0.2, 0.25) is 0 Å². The molecule has 1 unspecified atom stereocenters. The van der Waals surface area contributed by atoms with E-state index in [0.717, 1.165) is 39.0 Å². The van der Waals surface area contributed by atoms with Gasteiger partial charge in [0.15, 0.2) is 0 Å². The number of fused-ring (bicyclic) bond motifs is 1. The van der Waals surface area contributed by atoms with E-state index in [1.54, 1.807) is 0 Å². The summed E-state index contributed by atoms with van der Waals surface area (Å²) < 4.78 is 5.42. The van der Waals surface area contributed by atoms with Gasteiger partial charge in [0.05, 0.1) is 6.04 Å². The Morgan fingerprint density at radius 3 is 2.60 bits per heavy atom. The number of carbonyl (C=O) groups is 1. The molecule has 0 spiro atoms. The second-order valence-corrected chi connectivity index (χ2v) is 7.82. The fraction of sp³-hybridized carbons (Fsp3) is 0.667. The van der Waals surface area contributed by atoms with Gasteiger partial charge in [0, 0.05) is 25.8 Å². The number of hydrogen-bond acceptors (Lipinski definition) is 2. The lowest BCUT2D eigenvalue weighted by atomic mass is 9.77. The summed E-state index contributed by atoms with van der Waals surface area (Å²) in [6, 6.07) is 9.43. The van der Waals surface area contributed by atoms with Crippen molar-refractivity contribution in [2.75, 3.05) is 19.8 Å². The molecule has 0 aromatic heterocycles. The average Bonchev–Trinajstić information content (AvgIpc) is 2.68. The van der Waals surface area contributed by atoms with E-state index in [-0.39, 0.29) is 18.1 Å². The number of urea groups is 1. The van der Waals surface area contributed by atoms with Crippen LogP contribution in [-0.2, 0) is 11.2 Å². The van der Waals surface area contributed by atoms with Crippen molar-refractivity contribution < 1.29 is 9.53 Å². The molecule has 2 amide bonds. The van der Waals surface area contributed by atoms with Crippen molar-refractivity contribution in [3.8, 4) is 0 Å². The van der Waals surface area contributed by atoms with Gasteiger partial charge in [-0.2, -0.15) is 0 Å². The van der Waals surface area contributed by atoms with Crippen molar-refractivity contribution in [3.05, 3.63) is 35.4 Å². The topological polar surface area (TPSA) is 41.6 Å². The molecule has 1 saturated carbocycles. The Kier molecular flexibility index (Phi) is 5.25. The lowest BCUT2D eigenvalue weighted by Crippen LogP contribution is -2.51. The monoisotopic (exact) mass is 342 g/mol. The maximum absolute atomic E-state index is 13.1. The third kappa shape index (κ3) is 3.69. The van der Waals surface area contributed by atoms with Crippen molar-refractivity contribution in [1.82, 2.24) is 10.2 Å². The van der Waals surface area contributed by atoms with Gasteiger partial charge in [0.1, 0.15) is 0 Å². The lowest BCUT2D eigenvalue weighted by molar-refractivity contribution is 0.0735. The average molecular weight is 342 g/mol. The van der Waals surface area contributed by atoms with Crippen LogP contribution in [0, 0.1) is 5.92 Å². The summed E-state index contributed by atoms with van der Waals surface area (Å²) in [5, 5.41) is 3.30. The zero-order chi connectivity index (χ0) is 17.1. The Labute approximate surface area is 150 Å². The number of carbonyl (C=O) groups excluding carboxylic acids is 1. The number of benzene rings is 1. The normalized spacial score (nSPS) is 25.4. The van der Waals surface area contributed by atoms with E-state index >= 15 is 0 Å². The van der Waals surface area contributed by atoms with E-state index in [9.17, 15) is 4.79 Å². The number of amides is 2. The van der Waals surface area contributed by atoms with E-state index < -0.39 is 0 Å². The Morgan fingerprint density at radius 1 is 1.04 bits per heavy atom. The molecule has 4 rings (SSSR count). The second kappa shape index (κ2) is 7.77. The molecule has 4 nitrogen and oxygen atoms in total. The van der Waals surface area contributed by atoms with Gasteiger partial charge in [-0.1, -0.05) is 43.5 Å². The Bertz CT molecular complexity index is 591. The van der Waals surface area contributed by atoms with Crippen LogP contribution in [0.5, 0.6) is 0 Å². The van der Waals surface area contributed by atoms with Crippen LogP contribution in [0.1, 0.15) is 62.1 Å². The summed E-state index contributed by atoms with van der Waals surface area (Å²) in [6.07, 6.45) is 9.30. The van der Waals surface area contributed by atoms with Crippen LogP contribution >= 0.6 is 0 Å². The van der Waals surface area contributed by atoms with E-state index in [0.29, 0.717) is 5.92 Å².